The fourth-order valence-corrected chi connectivity index (χ4v) is 1.80. The molecular formula is C14H15N5. The highest BCUT2D eigenvalue weighted by atomic mass is 15.3. The summed E-state index contributed by atoms with van der Waals surface area (Å²) in [5.74, 6) is 6.73. The van der Waals surface area contributed by atoms with Crippen LogP contribution >= 0.6 is 0 Å². The van der Waals surface area contributed by atoms with Crippen molar-refractivity contribution in [2.24, 2.45) is 5.84 Å². The summed E-state index contributed by atoms with van der Waals surface area (Å²) in [6.07, 6.45) is 0.427. The van der Waals surface area contributed by atoms with E-state index in [1.54, 1.807) is 6.07 Å². The first-order valence-corrected chi connectivity index (χ1v) is 5.98. The molecule has 19 heavy (non-hydrogen) atoms. The lowest BCUT2D eigenvalue weighted by Gasteiger charge is -2.23. The van der Waals surface area contributed by atoms with E-state index < -0.39 is 0 Å². The van der Waals surface area contributed by atoms with E-state index in [1.807, 2.05) is 47.4 Å². The summed E-state index contributed by atoms with van der Waals surface area (Å²) < 4.78 is 0. The van der Waals surface area contributed by atoms with Gasteiger partial charge < -0.3 is 10.3 Å². The zero-order valence-electron chi connectivity index (χ0n) is 10.5. The predicted molar refractivity (Wildman–Crippen MR) is 75.7 cm³/mol. The van der Waals surface area contributed by atoms with Crippen molar-refractivity contribution < 1.29 is 0 Å². The van der Waals surface area contributed by atoms with Gasteiger partial charge in [0.15, 0.2) is 0 Å². The van der Waals surface area contributed by atoms with Crippen molar-refractivity contribution in [2.75, 3.05) is 16.9 Å². The SMILES string of the molecule is N#CCCN(c1ccccc1)c1cccc(NN)n1. The third-order valence-electron chi connectivity index (χ3n) is 2.67. The first kappa shape index (κ1) is 12.9. The first-order valence-electron chi connectivity index (χ1n) is 5.98. The summed E-state index contributed by atoms with van der Waals surface area (Å²) in [4.78, 5) is 6.39. The van der Waals surface area contributed by atoms with E-state index in [9.17, 15) is 0 Å². The van der Waals surface area contributed by atoms with Crippen LogP contribution in [0.3, 0.4) is 0 Å². The Balaban J connectivity index is 2.34. The van der Waals surface area contributed by atoms with Crippen LogP contribution in [-0.4, -0.2) is 11.5 Å². The second-order valence-electron chi connectivity index (χ2n) is 3.92. The fraction of sp³-hybridized carbons (Fsp3) is 0.143. The standard InChI is InChI=1S/C14H15N5/c15-10-5-11-19(12-6-2-1-3-7-12)14-9-4-8-13(17-14)18-16/h1-4,6-9H,5,11,16H2,(H,17,18). The topological polar surface area (TPSA) is 78.0 Å². The molecule has 0 aliphatic heterocycles. The molecule has 96 valence electrons. The van der Waals surface area contributed by atoms with Crippen molar-refractivity contribution in [1.82, 2.24) is 4.98 Å². The summed E-state index contributed by atoms with van der Waals surface area (Å²) in [7, 11) is 0. The second kappa shape index (κ2) is 6.38. The minimum Gasteiger partial charge on any atom is -0.325 e. The van der Waals surface area contributed by atoms with Crippen molar-refractivity contribution in [3.8, 4) is 6.07 Å². The molecule has 0 saturated carbocycles. The molecule has 0 aliphatic rings. The van der Waals surface area contributed by atoms with Crippen molar-refractivity contribution >= 4 is 17.3 Å². The molecule has 0 radical (unpaired) electrons. The molecule has 0 aliphatic carbocycles. The third-order valence-corrected chi connectivity index (χ3v) is 2.67. The van der Waals surface area contributed by atoms with Crippen LogP contribution in [0.5, 0.6) is 0 Å². The number of nitrogens with two attached hydrogens (primary N) is 1. The van der Waals surface area contributed by atoms with Crippen LogP contribution in [0.25, 0.3) is 0 Å². The van der Waals surface area contributed by atoms with Crippen LogP contribution < -0.4 is 16.2 Å². The summed E-state index contributed by atoms with van der Waals surface area (Å²) >= 11 is 0. The maximum absolute atomic E-state index is 8.78. The molecule has 0 unspecified atom stereocenters. The number of nitrogen functional groups attached to an aromatic ring is 1. The molecule has 2 aromatic rings. The zero-order valence-corrected chi connectivity index (χ0v) is 10.5. The summed E-state index contributed by atoms with van der Waals surface area (Å²) in [5, 5.41) is 8.78. The Morgan fingerprint density at radius 3 is 2.63 bits per heavy atom. The highest BCUT2D eigenvalue weighted by Gasteiger charge is 2.10. The molecule has 0 fully saturated rings. The van der Waals surface area contributed by atoms with E-state index in [0.717, 1.165) is 11.5 Å². The van der Waals surface area contributed by atoms with Crippen molar-refractivity contribution in [1.29, 1.82) is 5.26 Å². The van der Waals surface area contributed by atoms with Gasteiger partial charge in [-0.2, -0.15) is 5.26 Å². The molecule has 2 rings (SSSR count). The molecular weight excluding hydrogens is 238 g/mol. The van der Waals surface area contributed by atoms with Crippen LogP contribution in [0.1, 0.15) is 6.42 Å². The average molecular weight is 253 g/mol. The largest absolute Gasteiger partial charge is 0.325 e. The van der Waals surface area contributed by atoms with Crippen molar-refractivity contribution in [3.63, 3.8) is 0 Å². The molecule has 5 nitrogen and oxygen atoms in total. The lowest BCUT2D eigenvalue weighted by molar-refractivity contribution is 0.927. The molecule has 0 spiro atoms. The number of hydrazine groups is 1. The monoisotopic (exact) mass is 253 g/mol. The summed E-state index contributed by atoms with van der Waals surface area (Å²) in [6.45, 7) is 0.585. The van der Waals surface area contributed by atoms with E-state index in [-0.39, 0.29) is 0 Å². The number of nitrogens with one attached hydrogen (secondary N) is 1. The Bertz CT molecular complexity index is 562. The fourth-order valence-electron chi connectivity index (χ4n) is 1.80. The molecule has 1 aromatic carbocycles. The molecule has 5 heteroatoms. The quantitative estimate of drug-likeness (QED) is 0.632. The molecule has 0 atom stereocenters. The van der Waals surface area contributed by atoms with Gasteiger partial charge in [0.05, 0.1) is 12.5 Å². The van der Waals surface area contributed by atoms with Crippen LogP contribution in [-0.2, 0) is 0 Å². The minimum absolute atomic E-state index is 0.427. The molecule has 0 bridgehead atoms. The number of nitrogens with zero attached hydrogens (tertiary/aromatic N) is 3. The first-order chi connectivity index (χ1) is 9.35. The Hall–Kier alpha value is -2.58. The van der Waals surface area contributed by atoms with Gasteiger partial charge in [-0.25, -0.2) is 10.8 Å². The van der Waals surface area contributed by atoms with Gasteiger partial charge in [-0.05, 0) is 24.3 Å². The van der Waals surface area contributed by atoms with E-state index in [4.69, 9.17) is 11.1 Å². The smallest absolute Gasteiger partial charge is 0.142 e. The van der Waals surface area contributed by atoms with E-state index in [0.29, 0.717) is 18.8 Å². The van der Waals surface area contributed by atoms with Crippen LogP contribution in [0.2, 0.25) is 0 Å². The van der Waals surface area contributed by atoms with Gasteiger partial charge in [0.25, 0.3) is 0 Å². The lowest BCUT2D eigenvalue weighted by atomic mass is 10.2. The molecule has 1 heterocycles. The maximum atomic E-state index is 8.78. The molecule has 3 N–H and O–H groups in total. The van der Waals surface area contributed by atoms with Gasteiger partial charge >= 0.3 is 0 Å². The molecule has 0 amide bonds. The number of hydrogen-bond acceptors (Lipinski definition) is 5. The number of benzene rings is 1. The van der Waals surface area contributed by atoms with E-state index in [2.05, 4.69) is 16.5 Å². The number of aromatic nitrogens is 1. The third kappa shape index (κ3) is 3.21. The van der Waals surface area contributed by atoms with Crippen molar-refractivity contribution in [2.45, 2.75) is 6.42 Å². The summed E-state index contributed by atoms with van der Waals surface area (Å²) in [5.41, 5.74) is 3.53. The molecule has 0 saturated heterocycles. The Morgan fingerprint density at radius 2 is 1.95 bits per heavy atom. The van der Waals surface area contributed by atoms with Crippen molar-refractivity contribution in [3.05, 3.63) is 48.5 Å². The maximum Gasteiger partial charge on any atom is 0.142 e. The average Bonchev–Trinajstić information content (AvgIpc) is 2.49. The van der Waals surface area contributed by atoms with Gasteiger partial charge in [0.2, 0.25) is 0 Å². The van der Waals surface area contributed by atoms with Gasteiger partial charge in [-0.1, -0.05) is 24.3 Å². The number of para-hydroxylation sites is 1. The Morgan fingerprint density at radius 1 is 1.16 bits per heavy atom. The Labute approximate surface area is 112 Å². The highest BCUT2D eigenvalue weighted by molar-refractivity contribution is 5.61. The number of hydrogen-bond donors (Lipinski definition) is 2. The Kier molecular flexibility index (Phi) is 4.32. The normalized spacial score (nSPS) is 9.68. The second-order valence-corrected chi connectivity index (χ2v) is 3.92. The van der Waals surface area contributed by atoms with Gasteiger partial charge in [-0.3, -0.25) is 0 Å². The van der Waals surface area contributed by atoms with Gasteiger partial charge in [-0.15, -0.1) is 0 Å². The number of anilines is 3. The van der Waals surface area contributed by atoms with E-state index >= 15 is 0 Å². The zero-order chi connectivity index (χ0) is 13.5. The minimum atomic E-state index is 0.427. The lowest BCUT2D eigenvalue weighted by Crippen LogP contribution is -2.20. The van der Waals surface area contributed by atoms with Gasteiger partial charge in [0.1, 0.15) is 11.6 Å². The number of rotatable bonds is 5. The summed E-state index contributed by atoms with van der Waals surface area (Å²) in [6, 6.07) is 17.6. The van der Waals surface area contributed by atoms with E-state index in [1.165, 1.54) is 0 Å². The van der Waals surface area contributed by atoms with Crippen LogP contribution in [0.15, 0.2) is 48.5 Å². The number of pyridine rings is 1. The van der Waals surface area contributed by atoms with Crippen LogP contribution in [0.4, 0.5) is 17.3 Å². The molecule has 1 aromatic heterocycles. The van der Waals surface area contributed by atoms with Crippen LogP contribution in [0, 0.1) is 11.3 Å². The number of nitriles is 1. The van der Waals surface area contributed by atoms with Gasteiger partial charge in [0, 0.05) is 12.2 Å². The predicted octanol–water partition coefficient (Wildman–Crippen LogP) is 2.42. The highest BCUT2D eigenvalue weighted by Crippen LogP contribution is 2.24.